The Bertz CT molecular complexity index is 1650. The predicted molar refractivity (Wildman–Crippen MR) is 160 cm³/mol. The van der Waals surface area contributed by atoms with Crippen LogP contribution in [-0.4, -0.2) is 84.1 Å². The Morgan fingerprint density at radius 2 is 1.47 bits per heavy atom. The number of rotatable bonds is 15. The molecule has 2 aromatic carbocycles. The summed E-state index contributed by atoms with van der Waals surface area (Å²) in [7, 11) is 0. The lowest BCUT2D eigenvalue weighted by atomic mass is 10.0. The zero-order valence-corrected chi connectivity index (χ0v) is 23.9. The number of carbonyl (C=O) groups is 5. The van der Waals surface area contributed by atoms with Crippen molar-refractivity contribution in [1.29, 1.82) is 0 Å². The number of phenols is 1. The fourth-order valence-electron chi connectivity index (χ4n) is 4.73. The van der Waals surface area contributed by atoms with Crippen molar-refractivity contribution < 1.29 is 39.3 Å². The number of carboxylic acid groups (broad SMARTS) is 2. The topological polar surface area (TPSA) is 253 Å². The van der Waals surface area contributed by atoms with Crippen LogP contribution in [0.15, 0.2) is 67.3 Å². The summed E-state index contributed by atoms with van der Waals surface area (Å²) in [5.41, 5.74) is 8.52. The number of aliphatic carboxylic acids is 2. The number of para-hydroxylation sites is 1. The minimum absolute atomic E-state index is 0.0239. The van der Waals surface area contributed by atoms with Gasteiger partial charge in [-0.25, -0.2) is 9.78 Å². The fourth-order valence-corrected chi connectivity index (χ4v) is 4.73. The summed E-state index contributed by atoms with van der Waals surface area (Å²) in [6, 6.07) is 7.48. The highest BCUT2D eigenvalue weighted by molar-refractivity contribution is 5.96. The molecule has 15 nitrogen and oxygen atoms in total. The van der Waals surface area contributed by atoms with Gasteiger partial charge in [0.1, 0.15) is 23.9 Å². The molecule has 0 radical (unpaired) electrons. The third-order valence-corrected chi connectivity index (χ3v) is 7.07. The van der Waals surface area contributed by atoms with E-state index >= 15 is 0 Å². The Morgan fingerprint density at radius 3 is 2.13 bits per heavy atom. The average Bonchev–Trinajstić information content (AvgIpc) is 3.66. The van der Waals surface area contributed by atoms with Crippen molar-refractivity contribution in [3.05, 3.63) is 84.1 Å². The number of carbonyl (C=O) groups excluding carboxylic acids is 3. The van der Waals surface area contributed by atoms with E-state index in [0.717, 1.165) is 10.9 Å². The van der Waals surface area contributed by atoms with Gasteiger partial charge in [0, 0.05) is 48.3 Å². The van der Waals surface area contributed by atoms with Crippen molar-refractivity contribution in [1.82, 2.24) is 30.9 Å². The van der Waals surface area contributed by atoms with Crippen molar-refractivity contribution in [3.63, 3.8) is 0 Å². The molecule has 4 atom stereocenters. The van der Waals surface area contributed by atoms with Gasteiger partial charge in [-0.1, -0.05) is 30.3 Å². The van der Waals surface area contributed by atoms with E-state index < -0.39 is 60.2 Å². The first-order valence-corrected chi connectivity index (χ1v) is 13.9. The molecule has 0 bridgehead atoms. The normalized spacial score (nSPS) is 13.7. The molecule has 0 saturated heterocycles. The molecule has 10 N–H and O–H groups in total. The summed E-state index contributed by atoms with van der Waals surface area (Å²) in [4.78, 5) is 73.2. The first-order chi connectivity index (χ1) is 21.5. The third kappa shape index (κ3) is 8.90. The van der Waals surface area contributed by atoms with Gasteiger partial charge in [0.2, 0.25) is 17.7 Å². The van der Waals surface area contributed by atoms with E-state index in [0.29, 0.717) is 16.8 Å². The molecule has 2 aromatic heterocycles. The predicted octanol–water partition coefficient (Wildman–Crippen LogP) is -0.0345. The fraction of sp³-hybridized carbons (Fsp3) is 0.267. The smallest absolute Gasteiger partial charge is 0.326 e. The number of imidazole rings is 1. The number of aromatic amines is 2. The van der Waals surface area contributed by atoms with Crippen LogP contribution in [0.5, 0.6) is 5.75 Å². The number of fused-ring (bicyclic) bond motifs is 1. The Morgan fingerprint density at radius 1 is 0.800 bits per heavy atom. The highest BCUT2D eigenvalue weighted by Crippen LogP contribution is 2.19. The molecule has 0 aliphatic rings. The lowest BCUT2D eigenvalue weighted by Gasteiger charge is -2.25. The molecule has 0 fully saturated rings. The SMILES string of the molecule is NC(Cc1cnc[nH]1)C(=O)NC(Cc1ccc(O)cc1)C(=O)NC(CC(=O)O)C(=O)NC(Cc1c[nH]c2ccccc12)C(=O)O. The number of hydrogen-bond acceptors (Lipinski definition) is 8. The van der Waals surface area contributed by atoms with Crippen molar-refractivity contribution in [2.24, 2.45) is 5.73 Å². The van der Waals surface area contributed by atoms with Crippen LogP contribution < -0.4 is 21.7 Å². The van der Waals surface area contributed by atoms with E-state index in [1.807, 2.05) is 12.1 Å². The molecule has 4 unspecified atom stereocenters. The van der Waals surface area contributed by atoms with Gasteiger partial charge in [0.25, 0.3) is 0 Å². The van der Waals surface area contributed by atoms with Crippen LogP contribution in [0.3, 0.4) is 0 Å². The second-order valence-electron chi connectivity index (χ2n) is 10.4. The van der Waals surface area contributed by atoms with Gasteiger partial charge >= 0.3 is 11.9 Å². The van der Waals surface area contributed by atoms with Crippen LogP contribution in [0.1, 0.15) is 23.2 Å². The molecular formula is C30H33N7O8. The van der Waals surface area contributed by atoms with Crippen molar-refractivity contribution >= 4 is 40.6 Å². The number of carboxylic acids is 2. The summed E-state index contributed by atoms with van der Waals surface area (Å²) < 4.78 is 0. The number of nitrogens with two attached hydrogens (primary N) is 1. The summed E-state index contributed by atoms with van der Waals surface area (Å²) in [5, 5.41) is 36.9. The van der Waals surface area contributed by atoms with Gasteiger partial charge in [-0.2, -0.15) is 0 Å². The lowest BCUT2D eigenvalue weighted by molar-refractivity contribution is -0.143. The standard InChI is InChI=1S/C30H33N7O8/c31-21(11-18-14-32-15-34-18)27(41)35-23(9-16-5-7-19(38)8-6-16)28(42)36-24(12-26(39)40)29(43)37-25(30(44)45)10-17-13-33-22-4-2-1-3-20(17)22/h1-8,13-15,21,23-25,33,38H,9-12,31H2,(H,32,34)(H,35,41)(H,36,42)(H,37,43)(H,39,40)(H,44,45). The number of aromatic hydroxyl groups is 1. The number of benzene rings is 2. The average molecular weight is 620 g/mol. The second-order valence-corrected chi connectivity index (χ2v) is 10.4. The lowest BCUT2D eigenvalue weighted by Crippen LogP contribution is -2.58. The van der Waals surface area contributed by atoms with Crippen LogP contribution in [0.4, 0.5) is 0 Å². The van der Waals surface area contributed by atoms with Gasteiger partial charge in [-0.15, -0.1) is 0 Å². The highest BCUT2D eigenvalue weighted by atomic mass is 16.4. The molecular weight excluding hydrogens is 586 g/mol. The van der Waals surface area contributed by atoms with Crippen LogP contribution in [-0.2, 0) is 43.2 Å². The molecule has 3 amide bonds. The highest BCUT2D eigenvalue weighted by Gasteiger charge is 2.32. The first kappa shape index (κ1) is 32.2. The van der Waals surface area contributed by atoms with E-state index in [4.69, 9.17) is 5.73 Å². The van der Waals surface area contributed by atoms with E-state index in [2.05, 4.69) is 30.9 Å². The van der Waals surface area contributed by atoms with E-state index in [1.165, 1.54) is 36.8 Å². The van der Waals surface area contributed by atoms with Crippen LogP contribution >= 0.6 is 0 Å². The molecule has 45 heavy (non-hydrogen) atoms. The monoisotopic (exact) mass is 619 g/mol. The van der Waals surface area contributed by atoms with Crippen LogP contribution in [0.25, 0.3) is 10.9 Å². The number of phenolic OH excluding ortho intramolecular Hbond substituents is 1. The van der Waals surface area contributed by atoms with E-state index in [1.54, 1.807) is 18.3 Å². The van der Waals surface area contributed by atoms with Gasteiger partial charge in [-0.3, -0.25) is 19.2 Å². The summed E-state index contributed by atoms with van der Waals surface area (Å²) in [5.74, 6) is -5.47. The number of hydrogen-bond donors (Lipinski definition) is 9. The Hall–Kier alpha value is -5.70. The Kier molecular flexibility index (Phi) is 10.5. The minimum Gasteiger partial charge on any atom is -0.508 e. The zero-order chi connectivity index (χ0) is 32.5. The largest absolute Gasteiger partial charge is 0.508 e. The molecule has 4 aromatic rings. The van der Waals surface area contributed by atoms with E-state index in [-0.39, 0.29) is 25.0 Å². The number of nitrogens with one attached hydrogen (secondary N) is 5. The number of aromatic nitrogens is 3. The summed E-state index contributed by atoms with van der Waals surface area (Å²) >= 11 is 0. The van der Waals surface area contributed by atoms with Gasteiger partial charge in [0.15, 0.2) is 0 Å². The van der Waals surface area contributed by atoms with Gasteiger partial charge in [-0.05, 0) is 29.3 Å². The first-order valence-electron chi connectivity index (χ1n) is 13.9. The van der Waals surface area contributed by atoms with E-state index in [9.17, 15) is 39.3 Å². The zero-order valence-electron chi connectivity index (χ0n) is 23.9. The molecule has 4 rings (SSSR count). The number of nitrogens with zero attached hydrogens (tertiary/aromatic N) is 1. The third-order valence-electron chi connectivity index (χ3n) is 7.07. The number of H-pyrrole nitrogens is 2. The van der Waals surface area contributed by atoms with Crippen LogP contribution in [0, 0.1) is 0 Å². The quantitative estimate of drug-likeness (QED) is 0.0858. The van der Waals surface area contributed by atoms with Crippen molar-refractivity contribution in [2.45, 2.75) is 49.9 Å². The molecule has 15 heteroatoms. The minimum atomic E-state index is -1.68. The van der Waals surface area contributed by atoms with Crippen molar-refractivity contribution in [3.8, 4) is 5.75 Å². The van der Waals surface area contributed by atoms with Crippen molar-refractivity contribution in [2.75, 3.05) is 0 Å². The molecule has 0 saturated carbocycles. The Balaban J connectivity index is 1.50. The molecule has 0 spiro atoms. The second kappa shape index (κ2) is 14.7. The molecule has 2 heterocycles. The molecule has 0 aliphatic heterocycles. The van der Waals surface area contributed by atoms with Gasteiger partial charge < -0.3 is 47.0 Å². The summed E-state index contributed by atoms with van der Waals surface area (Å²) in [6.45, 7) is 0. The molecule has 236 valence electrons. The maximum Gasteiger partial charge on any atom is 0.326 e. The summed E-state index contributed by atoms with van der Waals surface area (Å²) in [6.07, 6.45) is 3.53. The van der Waals surface area contributed by atoms with Crippen LogP contribution in [0.2, 0.25) is 0 Å². The van der Waals surface area contributed by atoms with Gasteiger partial charge in [0.05, 0.1) is 18.8 Å². The Labute approximate surface area is 256 Å². The maximum absolute atomic E-state index is 13.5. The molecule has 0 aliphatic carbocycles. The number of amides is 3. The maximum atomic E-state index is 13.5.